The number of para-hydroxylation sites is 1. The van der Waals surface area contributed by atoms with E-state index in [4.69, 9.17) is 10.5 Å². The molecule has 0 bridgehead atoms. The smallest absolute Gasteiger partial charge is 0.311 e. The summed E-state index contributed by atoms with van der Waals surface area (Å²) in [6, 6.07) is 4.62. The van der Waals surface area contributed by atoms with Gasteiger partial charge in [0.2, 0.25) is 5.91 Å². The van der Waals surface area contributed by atoms with Crippen molar-refractivity contribution in [3.05, 3.63) is 33.9 Å². The molecule has 7 nitrogen and oxygen atoms in total. The monoisotopic (exact) mass is 267 g/mol. The topological polar surface area (TPSA) is 107 Å². The molecule has 1 aromatic rings. The second-order valence-corrected chi connectivity index (χ2v) is 4.42. The molecule has 7 heteroatoms. The van der Waals surface area contributed by atoms with E-state index in [0.29, 0.717) is 5.56 Å². The van der Waals surface area contributed by atoms with E-state index in [1.807, 2.05) is 0 Å². The van der Waals surface area contributed by atoms with Crippen LogP contribution in [-0.4, -0.2) is 30.0 Å². The highest BCUT2D eigenvalue weighted by molar-refractivity contribution is 5.84. The number of nitro benzene ring substituents is 1. The van der Waals surface area contributed by atoms with Gasteiger partial charge in [-0.2, -0.15) is 0 Å². The third-order valence-corrected chi connectivity index (χ3v) is 2.99. The van der Waals surface area contributed by atoms with E-state index in [9.17, 15) is 14.9 Å². The summed E-state index contributed by atoms with van der Waals surface area (Å²) < 4.78 is 5.44. The van der Waals surface area contributed by atoms with Gasteiger partial charge in [-0.05, 0) is 26.5 Å². The average Bonchev–Trinajstić information content (AvgIpc) is 2.36. The lowest BCUT2D eigenvalue weighted by atomic mass is 10.0. The molecule has 104 valence electrons. The van der Waals surface area contributed by atoms with Crippen molar-refractivity contribution in [2.45, 2.75) is 19.4 Å². The number of hydrogen-bond donors (Lipinski definition) is 2. The Hall–Kier alpha value is -2.15. The molecule has 1 rings (SSSR count). The summed E-state index contributed by atoms with van der Waals surface area (Å²) in [5.74, 6) is -0.443. The molecule has 0 saturated carbocycles. The van der Waals surface area contributed by atoms with Crippen molar-refractivity contribution < 1.29 is 14.5 Å². The van der Waals surface area contributed by atoms with Crippen LogP contribution in [0, 0.1) is 17.0 Å². The first-order valence-electron chi connectivity index (χ1n) is 5.67. The van der Waals surface area contributed by atoms with Crippen molar-refractivity contribution in [1.82, 2.24) is 5.32 Å². The molecule has 0 radical (unpaired) electrons. The molecule has 1 atom stereocenters. The summed E-state index contributed by atoms with van der Waals surface area (Å²) in [7, 11) is 1.57. The molecule has 0 aliphatic rings. The predicted molar refractivity (Wildman–Crippen MR) is 70.0 cm³/mol. The van der Waals surface area contributed by atoms with Gasteiger partial charge >= 0.3 is 5.69 Å². The highest BCUT2D eigenvalue weighted by Crippen LogP contribution is 2.30. The minimum atomic E-state index is -1.09. The normalized spacial score (nSPS) is 13.6. The number of nitrogens with zero attached hydrogens (tertiary/aromatic N) is 1. The Balaban J connectivity index is 3.01. The maximum Gasteiger partial charge on any atom is 0.311 e. The first kappa shape index (κ1) is 14.9. The lowest BCUT2D eigenvalue weighted by Gasteiger charge is -2.25. The molecule has 19 heavy (non-hydrogen) atoms. The number of carbonyl (C=O) groups is 1. The molecule has 0 saturated heterocycles. The lowest BCUT2D eigenvalue weighted by molar-refractivity contribution is -0.386. The van der Waals surface area contributed by atoms with Gasteiger partial charge in [-0.25, -0.2) is 0 Å². The van der Waals surface area contributed by atoms with Crippen molar-refractivity contribution in [3.63, 3.8) is 0 Å². The zero-order valence-corrected chi connectivity index (χ0v) is 11.1. The summed E-state index contributed by atoms with van der Waals surface area (Å²) >= 11 is 0. The summed E-state index contributed by atoms with van der Waals surface area (Å²) in [5, 5.41) is 13.7. The van der Waals surface area contributed by atoms with Crippen LogP contribution in [0.5, 0.6) is 5.75 Å². The van der Waals surface area contributed by atoms with Gasteiger partial charge in [-0.15, -0.1) is 0 Å². The molecule has 0 aromatic heterocycles. The number of nitrogens with one attached hydrogen (secondary N) is 1. The number of aryl methyl sites for hydroxylation is 1. The van der Waals surface area contributed by atoms with Gasteiger partial charge in [0, 0.05) is 6.07 Å². The van der Waals surface area contributed by atoms with E-state index in [1.54, 1.807) is 33.0 Å². The fourth-order valence-electron chi connectivity index (χ4n) is 1.45. The van der Waals surface area contributed by atoms with Crippen molar-refractivity contribution >= 4 is 11.6 Å². The van der Waals surface area contributed by atoms with E-state index >= 15 is 0 Å². The molecule has 1 amide bonds. The van der Waals surface area contributed by atoms with Crippen molar-refractivity contribution in [3.8, 4) is 5.75 Å². The molecule has 0 aliphatic carbocycles. The zero-order chi connectivity index (χ0) is 14.6. The Kier molecular flexibility index (Phi) is 4.44. The number of benzene rings is 1. The lowest BCUT2D eigenvalue weighted by Crippen LogP contribution is -2.55. The number of likely N-dealkylation sites (N-methyl/N-ethyl adjacent to an activating group) is 1. The third-order valence-electron chi connectivity index (χ3n) is 2.99. The van der Waals surface area contributed by atoms with Crippen molar-refractivity contribution in [1.29, 1.82) is 0 Å². The number of nitrogens with two attached hydrogens (primary N) is 1. The van der Waals surface area contributed by atoms with Gasteiger partial charge in [-0.1, -0.05) is 12.1 Å². The zero-order valence-electron chi connectivity index (χ0n) is 11.1. The van der Waals surface area contributed by atoms with Gasteiger partial charge in [0.1, 0.15) is 12.1 Å². The molecular weight excluding hydrogens is 250 g/mol. The van der Waals surface area contributed by atoms with E-state index in [0.717, 1.165) is 0 Å². The average molecular weight is 267 g/mol. The van der Waals surface area contributed by atoms with Gasteiger partial charge in [0.05, 0.1) is 4.92 Å². The molecule has 3 N–H and O–H groups in total. The van der Waals surface area contributed by atoms with Gasteiger partial charge in [-0.3, -0.25) is 14.9 Å². The van der Waals surface area contributed by atoms with Gasteiger partial charge in [0.25, 0.3) is 0 Å². The number of primary amides is 1. The van der Waals surface area contributed by atoms with Crippen LogP contribution < -0.4 is 15.8 Å². The van der Waals surface area contributed by atoms with Crippen molar-refractivity contribution in [2.24, 2.45) is 5.73 Å². The SMILES string of the molecule is CNC(C)(COc1c(C)cccc1[N+](=O)[O-])C(N)=O. The maximum absolute atomic E-state index is 11.3. The van der Waals surface area contributed by atoms with Crippen LogP contribution in [-0.2, 0) is 4.79 Å². The van der Waals surface area contributed by atoms with E-state index < -0.39 is 16.4 Å². The second-order valence-electron chi connectivity index (χ2n) is 4.42. The fraction of sp³-hybridized carbons (Fsp3) is 0.417. The van der Waals surface area contributed by atoms with Crippen LogP contribution in [0.15, 0.2) is 18.2 Å². The quantitative estimate of drug-likeness (QED) is 0.584. The molecule has 0 heterocycles. The van der Waals surface area contributed by atoms with Gasteiger partial charge in [0.15, 0.2) is 5.75 Å². The van der Waals surface area contributed by atoms with Crippen LogP contribution in [0.2, 0.25) is 0 Å². The number of amides is 1. The number of carbonyl (C=O) groups excluding carboxylic acids is 1. The van der Waals surface area contributed by atoms with E-state index in [-0.39, 0.29) is 18.0 Å². The first-order chi connectivity index (χ1) is 8.81. The first-order valence-corrected chi connectivity index (χ1v) is 5.67. The molecule has 1 aromatic carbocycles. The standard InChI is InChI=1S/C12H17N3O4/c1-8-5-4-6-9(15(17)18)10(8)19-7-12(2,14-3)11(13)16/h4-6,14H,7H2,1-3H3,(H2,13,16). The number of nitro groups is 1. The number of hydrogen-bond acceptors (Lipinski definition) is 5. The van der Waals surface area contributed by atoms with Crippen LogP contribution in [0.25, 0.3) is 0 Å². The molecule has 0 aliphatic heterocycles. The Morgan fingerprint density at radius 1 is 1.58 bits per heavy atom. The van der Waals surface area contributed by atoms with Crippen molar-refractivity contribution in [2.75, 3.05) is 13.7 Å². The number of ether oxygens (including phenoxy) is 1. The summed E-state index contributed by atoms with van der Waals surface area (Å²) in [6.45, 7) is 3.17. The second kappa shape index (κ2) is 5.66. The fourth-order valence-corrected chi connectivity index (χ4v) is 1.45. The summed E-state index contributed by atoms with van der Waals surface area (Å²) in [5.41, 5.74) is 4.67. The van der Waals surface area contributed by atoms with E-state index in [1.165, 1.54) is 6.07 Å². The minimum Gasteiger partial charge on any atom is -0.484 e. The summed E-state index contributed by atoms with van der Waals surface area (Å²) in [4.78, 5) is 21.7. The Morgan fingerprint density at radius 2 is 2.21 bits per heavy atom. The van der Waals surface area contributed by atoms with Crippen LogP contribution in [0.1, 0.15) is 12.5 Å². The molecular formula is C12H17N3O4. The van der Waals surface area contributed by atoms with E-state index in [2.05, 4.69) is 5.32 Å². The predicted octanol–water partition coefficient (Wildman–Crippen LogP) is 0.745. The van der Waals surface area contributed by atoms with Crippen LogP contribution in [0.4, 0.5) is 5.69 Å². The Morgan fingerprint density at radius 3 is 2.68 bits per heavy atom. The molecule has 0 fully saturated rings. The minimum absolute atomic E-state index is 0.0927. The summed E-state index contributed by atoms with van der Waals surface area (Å²) in [6.07, 6.45) is 0. The highest BCUT2D eigenvalue weighted by atomic mass is 16.6. The largest absolute Gasteiger partial charge is 0.484 e. The third kappa shape index (κ3) is 3.19. The van der Waals surface area contributed by atoms with Crippen LogP contribution >= 0.6 is 0 Å². The maximum atomic E-state index is 11.3. The Labute approximate surface area is 110 Å². The van der Waals surface area contributed by atoms with Crippen LogP contribution in [0.3, 0.4) is 0 Å². The number of rotatable bonds is 6. The molecule has 1 unspecified atom stereocenters. The van der Waals surface area contributed by atoms with Gasteiger partial charge < -0.3 is 15.8 Å². The highest BCUT2D eigenvalue weighted by Gasteiger charge is 2.31. The Bertz CT molecular complexity index is 504. The molecule has 0 spiro atoms.